The van der Waals surface area contributed by atoms with Crippen LogP contribution in [-0.2, 0) is 0 Å². The van der Waals surface area contributed by atoms with E-state index in [9.17, 15) is 4.79 Å². The average Bonchev–Trinajstić information content (AvgIpc) is 2.36. The second-order valence-electron chi connectivity index (χ2n) is 4.84. The lowest BCUT2D eigenvalue weighted by atomic mass is 10.1. The zero-order chi connectivity index (χ0) is 15.3. The number of aliphatic imine (C=N–C) groups is 1. The maximum Gasteiger partial charge on any atom is 0.330 e. The predicted octanol–water partition coefficient (Wildman–Crippen LogP) is 3.07. The largest absolute Gasteiger partial charge is 0.330 e. The van der Waals surface area contributed by atoms with Crippen molar-refractivity contribution >= 4 is 30.2 Å². The molecule has 20 heavy (non-hydrogen) atoms. The molecule has 0 atom stereocenters. The molecule has 0 radical (unpaired) electrons. The summed E-state index contributed by atoms with van der Waals surface area (Å²) in [4.78, 5) is 17.7. The van der Waals surface area contributed by atoms with Gasteiger partial charge in [0.15, 0.2) is 0 Å². The monoisotopic (exact) mass is 294 g/mol. The second kappa shape index (κ2) is 7.19. The first-order valence-electron chi connectivity index (χ1n) is 6.28. The first-order valence-corrected chi connectivity index (χ1v) is 7.01. The van der Waals surface area contributed by atoms with E-state index in [0.717, 1.165) is 11.3 Å². The predicted molar refractivity (Wildman–Crippen MR) is 86.3 cm³/mol. The summed E-state index contributed by atoms with van der Waals surface area (Å²) in [6, 6.07) is 6.06. The Labute approximate surface area is 125 Å². The highest BCUT2D eigenvalue weighted by Crippen LogP contribution is 2.20. The average molecular weight is 294 g/mol. The SMILES string of the molecule is Cc1ccc(N=CN(C)SN(C)C(=O)N(C)C)c(C)c1. The molecular formula is C14H22N4OS. The van der Waals surface area contributed by atoms with E-state index < -0.39 is 0 Å². The maximum atomic E-state index is 11.7. The molecule has 110 valence electrons. The van der Waals surface area contributed by atoms with Crippen LogP contribution in [0, 0.1) is 13.8 Å². The molecule has 0 aliphatic rings. The van der Waals surface area contributed by atoms with Gasteiger partial charge in [0.2, 0.25) is 0 Å². The normalized spacial score (nSPS) is 10.7. The highest BCUT2D eigenvalue weighted by atomic mass is 32.2. The first-order chi connectivity index (χ1) is 9.31. The summed E-state index contributed by atoms with van der Waals surface area (Å²) in [5, 5.41) is 0. The molecule has 0 aliphatic carbocycles. The Balaban J connectivity index is 2.63. The van der Waals surface area contributed by atoms with Crippen LogP contribution in [0.2, 0.25) is 0 Å². The summed E-state index contributed by atoms with van der Waals surface area (Å²) in [5.74, 6) is 0. The van der Waals surface area contributed by atoms with Gasteiger partial charge < -0.3 is 4.90 Å². The molecule has 1 rings (SSSR count). The van der Waals surface area contributed by atoms with E-state index in [4.69, 9.17) is 0 Å². The molecule has 0 saturated carbocycles. The summed E-state index contributed by atoms with van der Waals surface area (Å²) in [7, 11) is 7.04. The minimum Gasteiger partial charge on any atom is -0.330 e. The van der Waals surface area contributed by atoms with Crippen molar-refractivity contribution in [3.8, 4) is 0 Å². The Kier molecular flexibility index (Phi) is 5.88. The minimum atomic E-state index is -0.0678. The Hall–Kier alpha value is -1.69. The van der Waals surface area contributed by atoms with Gasteiger partial charge in [0, 0.05) is 28.2 Å². The van der Waals surface area contributed by atoms with E-state index in [0.29, 0.717) is 0 Å². The van der Waals surface area contributed by atoms with Crippen molar-refractivity contribution in [1.29, 1.82) is 0 Å². The van der Waals surface area contributed by atoms with Crippen molar-refractivity contribution in [1.82, 2.24) is 13.5 Å². The van der Waals surface area contributed by atoms with Crippen LogP contribution in [-0.4, -0.2) is 54.1 Å². The molecule has 1 aromatic rings. The molecule has 2 amide bonds. The zero-order valence-corrected chi connectivity index (χ0v) is 13.7. The van der Waals surface area contributed by atoms with Crippen molar-refractivity contribution < 1.29 is 4.79 Å². The van der Waals surface area contributed by atoms with Gasteiger partial charge in [0.1, 0.15) is 6.34 Å². The van der Waals surface area contributed by atoms with E-state index in [1.165, 1.54) is 22.6 Å². The van der Waals surface area contributed by atoms with E-state index in [2.05, 4.69) is 18.0 Å². The number of aryl methyl sites for hydroxylation is 2. The fourth-order valence-corrected chi connectivity index (χ4v) is 2.33. The zero-order valence-electron chi connectivity index (χ0n) is 12.9. The number of carbonyl (C=O) groups is 1. The smallest absolute Gasteiger partial charge is 0.330 e. The third-order valence-corrected chi connectivity index (χ3v) is 3.37. The van der Waals surface area contributed by atoms with Gasteiger partial charge in [0.05, 0.1) is 17.8 Å². The van der Waals surface area contributed by atoms with Crippen molar-refractivity contribution in [3.05, 3.63) is 29.3 Å². The Morgan fingerprint density at radius 1 is 1.20 bits per heavy atom. The number of nitrogens with zero attached hydrogens (tertiary/aromatic N) is 4. The van der Waals surface area contributed by atoms with Gasteiger partial charge in [-0.2, -0.15) is 0 Å². The van der Waals surface area contributed by atoms with Crippen molar-refractivity contribution in [2.75, 3.05) is 28.2 Å². The van der Waals surface area contributed by atoms with Crippen LogP contribution >= 0.6 is 12.1 Å². The van der Waals surface area contributed by atoms with E-state index >= 15 is 0 Å². The van der Waals surface area contributed by atoms with E-state index in [1.54, 1.807) is 36.1 Å². The molecule has 1 aromatic carbocycles. The second-order valence-corrected chi connectivity index (χ2v) is 6.12. The van der Waals surface area contributed by atoms with Crippen LogP contribution in [0.15, 0.2) is 23.2 Å². The van der Waals surface area contributed by atoms with Gasteiger partial charge >= 0.3 is 6.03 Å². The Morgan fingerprint density at radius 2 is 1.85 bits per heavy atom. The number of hydrogen-bond acceptors (Lipinski definition) is 3. The molecule has 0 fully saturated rings. The summed E-state index contributed by atoms with van der Waals surface area (Å²) >= 11 is 1.29. The molecule has 0 N–H and O–H groups in total. The molecule has 5 nitrogen and oxygen atoms in total. The quantitative estimate of drug-likeness (QED) is 0.487. The first kappa shape index (κ1) is 16.4. The third-order valence-electron chi connectivity index (χ3n) is 2.61. The molecular weight excluding hydrogens is 272 g/mol. The number of carbonyl (C=O) groups excluding carboxylic acids is 1. The molecule has 0 bridgehead atoms. The van der Waals surface area contributed by atoms with Crippen LogP contribution in [0.4, 0.5) is 10.5 Å². The Bertz CT molecular complexity index is 502. The van der Waals surface area contributed by atoms with Crippen LogP contribution < -0.4 is 0 Å². The fraction of sp³-hybridized carbons (Fsp3) is 0.429. The van der Waals surface area contributed by atoms with Crippen LogP contribution in [0.1, 0.15) is 11.1 Å². The van der Waals surface area contributed by atoms with Crippen molar-refractivity contribution in [2.24, 2.45) is 4.99 Å². The van der Waals surface area contributed by atoms with Crippen LogP contribution in [0.25, 0.3) is 0 Å². The number of urea groups is 1. The van der Waals surface area contributed by atoms with Crippen molar-refractivity contribution in [3.63, 3.8) is 0 Å². The highest BCUT2D eigenvalue weighted by Gasteiger charge is 2.12. The molecule has 6 heteroatoms. The summed E-state index contributed by atoms with van der Waals surface area (Å²) < 4.78 is 3.34. The standard InChI is InChI=1S/C14H22N4OS/c1-11-7-8-13(12(2)9-11)15-10-17(5)20-18(6)14(19)16(3)4/h7-10H,1-6H3. The third kappa shape index (κ3) is 4.77. The van der Waals surface area contributed by atoms with Gasteiger partial charge in [-0.05, 0) is 25.5 Å². The van der Waals surface area contributed by atoms with Gasteiger partial charge in [-0.1, -0.05) is 17.7 Å². The number of amides is 2. The van der Waals surface area contributed by atoms with Gasteiger partial charge in [-0.15, -0.1) is 0 Å². The highest BCUT2D eigenvalue weighted by molar-refractivity contribution is 7.95. The van der Waals surface area contributed by atoms with Gasteiger partial charge in [-0.25, -0.2) is 9.79 Å². The minimum absolute atomic E-state index is 0.0678. The number of benzene rings is 1. The van der Waals surface area contributed by atoms with Crippen LogP contribution in [0.3, 0.4) is 0 Å². The molecule has 0 saturated heterocycles. The fourth-order valence-electron chi connectivity index (χ4n) is 1.62. The van der Waals surface area contributed by atoms with E-state index in [1.807, 2.05) is 26.1 Å². The number of hydrogen-bond donors (Lipinski definition) is 0. The Morgan fingerprint density at radius 3 is 2.40 bits per heavy atom. The topological polar surface area (TPSA) is 39.1 Å². The molecule has 0 aliphatic heterocycles. The number of rotatable bonds is 4. The summed E-state index contributed by atoms with van der Waals surface area (Å²) in [6.07, 6.45) is 1.71. The van der Waals surface area contributed by atoms with Crippen LogP contribution in [0.5, 0.6) is 0 Å². The lowest BCUT2D eigenvalue weighted by Gasteiger charge is -2.23. The lowest BCUT2D eigenvalue weighted by Crippen LogP contribution is -2.34. The summed E-state index contributed by atoms with van der Waals surface area (Å²) in [5.41, 5.74) is 3.29. The van der Waals surface area contributed by atoms with Gasteiger partial charge in [-0.3, -0.25) is 8.61 Å². The van der Waals surface area contributed by atoms with E-state index in [-0.39, 0.29) is 6.03 Å². The summed E-state index contributed by atoms with van der Waals surface area (Å²) in [6.45, 7) is 4.10. The lowest BCUT2D eigenvalue weighted by molar-refractivity contribution is 0.205. The van der Waals surface area contributed by atoms with Gasteiger partial charge in [0.25, 0.3) is 0 Å². The molecule has 0 heterocycles. The van der Waals surface area contributed by atoms with Crippen molar-refractivity contribution in [2.45, 2.75) is 13.8 Å². The molecule has 0 aromatic heterocycles. The molecule has 0 spiro atoms. The molecule has 0 unspecified atom stereocenters. The maximum absolute atomic E-state index is 11.7.